The lowest BCUT2D eigenvalue weighted by Crippen LogP contribution is -2.05. The molecule has 4 rings (SSSR count). The van der Waals surface area contributed by atoms with Gasteiger partial charge in [0.25, 0.3) is 0 Å². The molecule has 4 aromatic rings. The Hall–Kier alpha value is -2.57. The van der Waals surface area contributed by atoms with Gasteiger partial charge in [-0.2, -0.15) is 15.3 Å². The van der Waals surface area contributed by atoms with E-state index in [9.17, 15) is 0 Å². The Kier molecular flexibility index (Phi) is 4.77. The molecule has 28 heavy (non-hydrogen) atoms. The van der Waals surface area contributed by atoms with E-state index in [1.165, 1.54) is 0 Å². The molecule has 0 aliphatic rings. The predicted molar refractivity (Wildman–Crippen MR) is 112 cm³/mol. The Morgan fingerprint density at radius 1 is 0.857 bits per heavy atom. The molecule has 0 spiro atoms. The van der Waals surface area contributed by atoms with Crippen molar-refractivity contribution < 1.29 is 0 Å². The molecule has 0 radical (unpaired) electrons. The number of benzene rings is 1. The normalized spacial score (nSPS) is 11.4. The topological polar surface area (TPSA) is 53.5 Å². The van der Waals surface area contributed by atoms with Crippen molar-refractivity contribution in [2.75, 3.05) is 0 Å². The van der Waals surface area contributed by atoms with Crippen LogP contribution in [0.15, 0.2) is 36.7 Å². The summed E-state index contributed by atoms with van der Waals surface area (Å²) in [6.07, 6.45) is 3.99. The molecule has 144 valence electrons. The van der Waals surface area contributed by atoms with Crippen LogP contribution in [0.5, 0.6) is 0 Å². The third-order valence-corrected chi connectivity index (χ3v) is 5.28. The molecule has 0 bridgehead atoms. The number of hydrogen-bond donors (Lipinski definition) is 0. The van der Waals surface area contributed by atoms with E-state index in [0.29, 0.717) is 16.6 Å². The quantitative estimate of drug-likeness (QED) is 0.487. The van der Waals surface area contributed by atoms with Crippen LogP contribution in [-0.2, 0) is 20.6 Å². The van der Waals surface area contributed by atoms with E-state index >= 15 is 0 Å². The van der Waals surface area contributed by atoms with Crippen molar-refractivity contribution in [3.05, 3.63) is 63.7 Å². The van der Waals surface area contributed by atoms with Crippen molar-refractivity contribution in [1.82, 2.24) is 29.3 Å². The number of aromatic nitrogens is 6. The van der Waals surface area contributed by atoms with Crippen molar-refractivity contribution in [2.24, 2.45) is 14.1 Å². The molecule has 0 saturated heterocycles. The van der Waals surface area contributed by atoms with E-state index in [1.807, 2.05) is 61.8 Å². The van der Waals surface area contributed by atoms with Crippen LogP contribution in [0.3, 0.4) is 0 Å². The molecule has 1 aromatic carbocycles. The summed E-state index contributed by atoms with van der Waals surface area (Å²) in [5.41, 5.74) is 6.72. The summed E-state index contributed by atoms with van der Waals surface area (Å²) in [5.74, 6) is 0. The third kappa shape index (κ3) is 3.45. The lowest BCUT2D eigenvalue weighted by molar-refractivity contribution is 0.696. The lowest BCUT2D eigenvalue weighted by Gasteiger charge is -2.09. The summed E-state index contributed by atoms with van der Waals surface area (Å²) in [6, 6.07) is 7.61. The molecule has 6 nitrogen and oxygen atoms in total. The maximum absolute atomic E-state index is 6.41. The SMILES string of the molecule is Cc1nn(C)cc1-c1cc(-c2cn(C)nc2C)n(Cc2ccc(Cl)cc2Cl)n1. The number of halogens is 2. The molecule has 0 unspecified atom stereocenters. The van der Waals surface area contributed by atoms with E-state index in [1.54, 1.807) is 10.7 Å². The highest BCUT2D eigenvalue weighted by Crippen LogP contribution is 2.31. The van der Waals surface area contributed by atoms with Gasteiger partial charge in [-0.3, -0.25) is 14.0 Å². The van der Waals surface area contributed by atoms with E-state index < -0.39 is 0 Å². The fourth-order valence-electron chi connectivity index (χ4n) is 3.40. The Morgan fingerprint density at radius 2 is 1.50 bits per heavy atom. The largest absolute Gasteiger partial charge is 0.275 e. The van der Waals surface area contributed by atoms with Crippen LogP contribution in [0.25, 0.3) is 22.5 Å². The van der Waals surface area contributed by atoms with Gasteiger partial charge in [0.1, 0.15) is 0 Å². The lowest BCUT2D eigenvalue weighted by atomic mass is 10.1. The van der Waals surface area contributed by atoms with Gasteiger partial charge in [0.05, 0.1) is 29.3 Å². The summed E-state index contributed by atoms with van der Waals surface area (Å²) in [4.78, 5) is 0. The highest BCUT2D eigenvalue weighted by Gasteiger charge is 2.18. The third-order valence-electron chi connectivity index (χ3n) is 4.69. The van der Waals surface area contributed by atoms with Crippen LogP contribution in [0.1, 0.15) is 17.0 Å². The fourth-order valence-corrected chi connectivity index (χ4v) is 3.87. The van der Waals surface area contributed by atoms with Crippen molar-refractivity contribution in [2.45, 2.75) is 20.4 Å². The van der Waals surface area contributed by atoms with Crippen LogP contribution in [0, 0.1) is 13.8 Å². The molecule has 0 aliphatic carbocycles. The van der Waals surface area contributed by atoms with E-state index in [4.69, 9.17) is 28.3 Å². The standard InChI is InChI=1S/C20H20Cl2N6/c1-12-16(10-26(3)23-12)19-8-20(17-11-27(4)24-13(17)2)28(25-19)9-14-5-6-15(21)7-18(14)22/h5-8,10-11H,9H2,1-4H3. The Balaban J connectivity index is 1.85. The number of aryl methyl sites for hydroxylation is 4. The fraction of sp³-hybridized carbons (Fsp3) is 0.250. The molecule has 3 heterocycles. The molecular weight excluding hydrogens is 395 g/mol. The highest BCUT2D eigenvalue weighted by molar-refractivity contribution is 6.35. The monoisotopic (exact) mass is 414 g/mol. The Bertz CT molecular complexity index is 1170. The maximum atomic E-state index is 6.41. The van der Waals surface area contributed by atoms with E-state index in [2.05, 4.69) is 16.3 Å². The summed E-state index contributed by atoms with van der Waals surface area (Å²) in [7, 11) is 3.83. The first-order valence-electron chi connectivity index (χ1n) is 8.85. The molecule has 0 saturated carbocycles. The van der Waals surface area contributed by atoms with Crippen molar-refractivity contribution >= 4 is 23.2 Å². The van der Waals surface area contributed by atoms with Crippen LogP contribution in [0.4, 0.5) is 0 Å². The van der Waals surface area contributed by atoms with Gasteiger partial charge in [-0.25, -0.2) is 0 Å². The minimum Gasteiger partial charge on any atom is -0.275 e. The van der Waals surface area contributed by atoms with Crippen LogP contribution < -0.4 is 0 Å². The number of hydrogen-bond acceptors (Lipinski definition) is 3. The number of nitrogens with zero attached hydrogens (tertiary/aromatic N) is 6. The van der Waals surface area contributed by atoms with Crippen LogP contribution in [0.2, 0.25) is 10.0 Å². The molecule has 8 heteroatoms. The second kappa shape index (κ2) is 7.11. The first-order chi connectivity index (χ1) is 13.3. The molecular formula is C20H20Cl2N6. The second-order valence-corrected chi connectivity index (χ2v) is 7.76. The molecule has 0 amide bonds. The minimum atomic E-state index is 0.527. The van der Waals surface area contributed by atoms with Crippen molar-refractivity contribution in [1.29, 1.82) is 0 Å². The zero-order valence-electron chi connectivity index (χ0n) is 16.1. The van der Waals surface area contributed by atoms with Gasteiger partial charge in [-0.05, 0) is 37.6 Å². The molecule has 0 atom stereocenters. The summed E-state index contributed by atoms with van der Waals surface area (Å²) >= 11 is 12.5. The zero-order valence-corrected chi connectivity index (χ0v) is 17.6. The molecule has 0 N–H and O–H groups in total. The van der Waals surface area contributed by atoms with Gasteiger partial charge in [-0.15, -0.1) is 0 Å². The van der Waals surface area contributed by atoms with Gasteiger partial charge in [0.2, 0.25) is 0 Å². The van der Waals surface area contributed by atoms with Crippen molar-refractivity contribution in [3.8, 4) is 22.5 Å². The van der Waals surface area contributed by atoms with Gasteiger partial charge in [-0.1, -0.05) is 29.3 Å². The smallest absolute Gasteiger partial charge is 0.0964 e. The number of rotatable bonds is 4. The van der Waals surface area contributed by atoms with Gasteiger partial charge in [0, 0.05) is 47.7 Å². The molecule has 3 aromatic heterocycles. The van der Waals surface area contributed by atoms with E-state index in [0.717, 1.165) is 39.5 Å². The van der Waals surface area contributed by atoms with Gasteiger partial charge in [0.15, 0.2) is 0 Å². The summed E-state index contributed by atoms with van der Waals surface area (Å²) in [5, 5.41) is 15.0. The maximum Gasteiger partial charge on any atom is 0.0964 e. The van der Waals surface area contributed by atoms with Crippen LogP contribution >= 0.6 is 23.2 Å². The average Bonchev–Trinajstić information content (AvgIpc) is 3.27. The second-order valence-electron chi connectivity index (χ2n) is 6.91. The first-order valence-corrected chi connectivity index (χ1v) is 9.60. The minimum absolute atomic E-state index is 0.527. The molecule has 0 fully saturated rings. The van der Waals surface area contributed by atoms with Gasteiger partial charge >= 0.3 is 0 Å². The average molecular weight is 415 g/mol. The predicted octanol–water partition coefficient (Wildman–Crippen LogP) is 4.66. The summed E-state index contributed by atoms with van der Waals surface area (Å²) < 4.78 is 5.57. The van der Waals surface area contributed by atoms with Gasteiger partial charge < -0.3 is 0 Å². The van der Waals surface area contributed by atoms with Crippen LogP contribution in [-0.4, -0.2) is 29.3 Å². The Morgan fingerprint density at radius 3 is 2.07 bits per heavy atom. The first kappa shape index (κ1) is 18.8. The summed E-state index contributed by atoms with van der Waals surface area (Å²) in [6.45, 7) is 4.51. The highest BCUT2D eigenvalue weighted by atomic mass is 35.5. The Labute approximate surface area is 173 Å². The zero-order chi connectivity index (χ0) is 20.0. The van der Waals surface area contributed by atoms with Crippen molar-refractivity contribution in [3.63, 3.8) is 0 Å². The van der Waals surface area contributed by atoms with E-state index in [-0.39, 0.29) is 0 Å². The molecule has 0 aliphatic heterocycles.